The number of halogens is 3. The first-order valence-corrected chi connectivity index (χ1v) is 15.6. The Labute approximate surface area is 261 Å². The van der Waals surface area contributed by atoms with Gasteiger partial charge in [-0.05, 0) is 88.8 Å². The predicted molar refractivity (Wildman–Crippen MR) is 167 cm³/mol. The smallest absolute Gasteiger partial charge is 0.407 e. The number of carbonyl (C=O) groups is 2. The van der Waals surface area contributed by atoms with Gasteiger partial charge in [-0.25, -0.2) is 13.6 Å². The maximum Gasteiger partial charge on any atom is 0.407 e. The summed E-state index contributed by atoms with van der Waals surface area (Å²) in [6.07, 6.45) is 1.92. The molecule has 1 saturated heterocycles. The SMILES string of the molecule is COCCCn1c(C2CCCN(C(=O)C[C@@H](Cc3ccc(Br)cc3F)NC(=O)OC(C)(C)C)C2)c(C)c2c(F)cccc21. The van der Waals surface area contributed by atoms with Crippen molar-refractivity contribution >= 4 is 38.8 Å². The van der Waals surface area contributed by atoms with Crippen LogP contribution in [-0.2, 0) is 27.2 Å². The minimum absolute atomic E-state index is 0.00803. The molecule has 4 rings (SSSR count). The fourth-order valence-corrected chi connectivity index (χ4v) is 6.40. The number of methoxy groups -OCH3 is 1. The molecule has 2 amide bonds. The van der Waals surface area contributed by atoms with Crippen molar-refractivity contribution in [1.82, 2.24) is 14.8 Å². The fourth-order valence-electron chi connectivity index (χ4n) is 6.07. The summed E-state index contributed by atoms with van der Waals surface area (Å²) in [4.78, 5) is 28.2. The van der Waals surface area contributed by atoms with Gasteiger partial charge < -0.3 is 24.3 Å². The number of amides is 2. The number of benzene rings is 2. The van der Waals surface area contributed by atoms with Crippen LogP contribution >= 0.6 is 15.9 Å². The van der Waals surface area contributed by atoms with Crippen molar-refractivity contribution in [3.05, 3.63) is 69.3 Å². The van der Waals surface area contributed by atoms with Gasteiger partial charge in [0.1, 0.15) is 17.2 Å². The number of alkyl carbamates (subject to hydrolysis) is 1. The van der Waals surface area contributed by atoms with E-state index in [9.17, 15) is 14.0 Å². The minimum Gasteiger partial charge on any atom is -0.444 e. The van der Waals surface area contributed by atoms with E-state index in [0.29, 0.717) is 41.7 Å². The minimum atomic E-state index is -0.722. The zero-order valence-electron chi connectivity index (χ0n) is 25.6. The molecule has 0 bridgehead atoms. The molecule has 1 N–H and O–H groups in total. The highest BCUT2D eigenvalue weighted by Crippen LogP contribution is 2.37. The molecule has 0 saturated carbocycles. The standard InChI is InChI=1S/C33H42BrF2N3O4/c1-21-30-26(35)10-6-11-28(30)39(15-8-16-42-5)31(21)23-9-7-14-38(20-23)29(40)19-25(37-32(41)43-33(2,3)4)17-22-12-13-24(34)18-27(22)36/h6,10-13,18,23,25H,7-9,14-17,19-20H2,1-5H3,(H,37,41)/t23?,25-/m1/s1. The van der Waals surface area contributed by atoms with Crippen LogP contribution in [0.3, 0.4) is 0 Å². The van der Waals surface area contributed by atoms with Gasteiger partial charge >= 0.3 is 6.09 Å². The van der Waals surface area contributed by atoms with Gasteiger partial charge in [-0.3, -0.25) is 4.79 Å². The molecule has 2 aromatic carbocycles. The molecule has 3 aromatic rings. The summed E-state index contributed by atoms with van der Waals surface area (Å²) in [6.45, 7) is 9.58. The van der Waals surface area contributed by atoms with Crippen LogP contribution in [0.5, 0.6) is 0 Å². The topological polar surface area (TPSA) is 72.8 Å². The molecule has 1 fully saturated rings. The lowest BCUT2D eigenvalue weighted by Gasteiger charge is -2.35. The zero-order chi connectivity index (χ0) is 31.3. The van der Waals surface area contributed by atoms with Gasteiger partial charge in [0.2, 0.25) is 5.91 Å². The predicted octanol–water partition coefficient (Wildman–Crippen LogP) is 7.26. The van der Waals surface area contributed by atoms with Crippen molar-refractivity contribution in [1.29, 1.82) is 0 Å². The molecular formula is C33H42BrF2N3O4. The Morgan fingerprint density at radius 3 is 2.63 bits per heavy atom. The van der Waals surface area contributed by atoms with Gasteiger partial charge in [-0.2, -0.15) is 0 Å². The largest absolute Gasteiger partial charge is 0.444 e. The van der Waals surface area contributed by atoms with E-state index in [1.807, 2.05) is 17.9 Å². The third-order valence-electron chi connectivity index (χ3n) is 7.85. The van der Waals surface area contributed by atoms with Crippen LogP contribution in [0.25, 0.3) is 10.9 Å². The molecule has 0 radical (unpaired) electrons. The van der Waals surface area contributed by atoms with Crippen molar-refractivity contribution in [2.45, 2.75) is 83.9 Å². The Hall–Kier alpha value is -2.98. The Morgan fingerprint density at radius 1 is 1.16 bits per heavy atom. The Bertz CT molecular complexity index is 1450. The summed E-state index contributed by atoms with van der Waals surface area (Å²) in [7, 11) is 1.67. The lowest BCUT2D eigenvalue weighted by Crippen LogP contribution is -2.46. The van der Waals surface area contributed by atoms with Gasteiger partial charge in [0.15, 0.2) is 0 Å². The van der Waals surface area contributed by atoms with E-state index in [1.54, 1.807) is 46.1 Å². The molecule has 1 aliphatic heterocycles. The second kappa shape index (κ2) is 14.2. The number of likely N-dealkylation sites (tertiary alicyclic amines) is 1. The highest BCUT2D eigenvalue weighted by Gasteiger charge is 2.31. The van der Waals surface area contributed by atoms with Gasteiger partial charge in [0.25, 0.3) is 0 Å². The number of aromatic nitrogens is 1. The summed E-state index contributed by atoms with van der Waals surface area (Å²) in [5.74, 6) is -0.774. The third kappa shape index (κ3) is 8.35. The van der Waals surface area contributed by atoms with Crippen molar-refractivity contribution in [2.75, 3.05) is 26.8 Å². The van der Waals surface area contributed by atoms with Crippen LogP contribution in [0.2, 0.25) is 0 Å². The average molecular weight is 663 g/mol. The van der Waals surface area contributed by atoms with Gasteiger partial charge in [0, 0.05) is 67.3 Å². The van der Waals surface area contributed by atoms with Crippen LogP contribution in [0.1, 0.15) is 69.2 Å². The molecule has 7 nitrogen and oxygen atoms in total. The highest BCUT2D eigenvalue weighted by molar-refractivity contribution is 9.10. The average Bonchev–Trinajstić information content (AvgIpc) is 3.21. The maximum absolute atomic E-state index is 15.0. The number of aryl methyl sites for hydroxylation is 2. The Balaban J connectivity index is 1.56. The Morgan fingerprint density at radius 2 is 1.93 bits per heavy atom. The van der Waals surface area contributed by atoms with Crippen LogP contribution in [0.4, 0.5) is 13.6 Å². The highest BCUT2D eigenvalue weighted by atomic mass is 79.9. The van der Waals surface area contributed by atoms with E-state index in [2.05, 4.69) is 25.8 Å². The van der Waals surface area contributed by atoms with Gasteiger partial charge in [-0.15, -0.1) is 0 Å². The summed E-state index contributed by atoms with van der Waals surface area (Å²) in [5, 5.41) is 3.42. The number of piperidine rings is 1. The monoisotopic (exact) mass is 661 g/mol. The first-order valence-electron chi connectivity index (χ1n) is 14.8. The molecular weight excluding hydrogens is 620 g/mol. The third-order valence-corrected chi connectivity index (χ3v) is 8.34. The number of nitrogens with zero attached hydrogens (tertiary/aromatic N) is 2. The quantitative estimate of drug-likeness (QED) is 0.232. The second-order valence-corrected chi connectivity index (χ2v) is 13.2. The van der Waals surface area contributed by atoms with E-state index in [0.717, 1.165) is 36.0 Å². The molecule has 0 spiro atoms. The molecule has 0 aliphatic carbocycles. The molecule has 1 aliphatic rings. The molecule has 2 heterocycles. The Kier molecular flexibility index (Phi) is 10.9. The summed E-state index contributed by atoms with van der Waals surface area (Å²) < 4.78 is 43.3. The van der Waals surface area contributed by atoms with E-state index in [4.69, 9.17) is 9.47 Å². The molecule has 234 valence electrons. The number of nitrogens with one attached hydrogen (secondary N) is 1. The van der Waals surface area contributed by atoms with Gasteiger partial charge in [-0.1, -0.05) is 28.1 Å². The molecule has 1 aromatic heterocycles. The number of rotatable bonds is 10. The first kappa shape index (κ1) is 32.9. The molecule has 10 heteroatoms. The van der Waals surface area contributed by atoms with Crippen molar-refractivity contribution in [2.24, 2.45) is 0 Å². The summed E-state index contributed by atoms with van der Waals surface area (Å²) in [6, 6.07) is 9.24. The number of hydrogen-bond donors (Lipinski definition) is 1. The van der Waals surface area contributed by atoms with E-state index >= 15 is 4.39 Å². The normalized spacial score (nSPS) is 16.4. The van der Waals surface area contributed by atoms with E-state index in [-0.39, 0.29) is 30.5 Å². The molecule has 43 heavy (non-hydrogen) atoms. The first-order chi connectivity index (χ1) is 20.4. The fraction of sp³-hybridized carbons (Fsp3) is 0.515. The number of fused-ring (bicyclic) bond motifs is 1. The van der Waals surface area contributed by atoms with Crippen LogP contribution in [0.15, 0.2) is 40.9 Å². The van der Waals surface area contributed by atoms with E-state index < -0.39 is 23.6 Å². The van der Waals surface area contributed by atoms with Gasteiger partial charge in [0.05, 0.1) is 5.52 Å². The van der Waals surface area contributed by atoms with Crippen LogP contribution in [0, 0.1) is 18.6 Å². The second-order valence-electron chi connectivity index (χ2n) is 12.3. The van der Waals surface area contributed by atoms with Crippen LogP contribution < -0.4 is 5.32 Å². The summed E-state index contributed by atoms with van der Waals surface area (Å²) in [5.41, 5.74) is 2.48. The number of hydrogen-bond acceptors (Lipinski definition) is 4. The van der Waals surface area contributed by atoms with Crippen LogP contribution in [-0.4, -0.2) is 59.9 Å². The number of ether oxygens (including phenoxy) is 2. The lowest BCUT2D eigenvalue weighted by atomic mass is 9.91. The zero-order valence-corrected chi connectivity index (χ0v) is 27.2. The number of carbonyl (C=O) groups excluding carboxylic acids is 2. The van der Waals surface area contributed by atoms with E-state index in [1.165, 1.54) is 12.1 Å². The van der Waals surface area contributed by atoms with Crippen molar-refractivity contribution < 1.29 is 27.8 Å². The summed E-state index contributed by atoms with van der Waals surface area (Å²) >= 11 is 3.28. The van der Waals surface area contributed by atoms with Crippen molar-refractivity contribution in [3.63, 3.8) is 0 Å². The molecule has 1 unspecified atom stereocenters. The maximum atomic E-state index is 15.0. The lowest BCUT2D eigenvalue weighted by molar-refractivity contribution is -0.132. The van der Waals surface area contributed by atoms with Crippen molar-refractivity contribution in [3.8, 4) is 0 Å². The molecule has 2 atom stereocenters.